The number of aromatic amines is 2. The van der Waals surface area contributed by atoms with Crippen LogP contribution in [0.5, 0.6) is 0 Å². The number of fused-ring (bicyclic) bond motifs is 9. The maximum absolute atomic E-state index is 12.6. The second-order valence-electron chi connectivity index (χ2n) is 34.1. The van der Waals surface area contributed by atoms with Crippen molar-refractivity contribution in [1.29, 1.82) is 0 Å². The number of alkyl halides is 3. The number of hydrogen-bond donors (Lipinski definition) is 4. The fourth-order valence-electron chi connectivity index (χ4n) is 17.8. The van der Waals surface area contributed by atoms with Gasteiger partial charge in [0, 0.05) is 155 Å². The summed E-state index contributed by atoms with van der Waals surface area (Å²) in [5.74, 6) is 0.523. The molecule has 0 amide bonds. The molecule has 0 bridgehead atoms. The first kappa shape index (κ1) is 102. The van der Waals surface area contributed by atoms with Gasteiger partial charge in [0.05, 0.1) is 60.7 Å². The number of imidazole rings is 7. The zero-order chi connectivity index (χ0) is 102. The van der Waals surface area contributed by atoms with E-state index < -0.39 is 22.5 Å². The average molecular weight is 2130 g/mol. The summed E-state index contributed by atoms with van der Waals surface area (Å²) in [4.78, 5) is 212. The molecule has 2 saturated heterocycles. The molecule has 0 saturated carbocycles. The first-order valence-corrected chi connectivity index (χ1v) is 47.9. The second-order valence-corrected chi connectivity index (χ2v) is 37.2. The van der Waals surface area contributed by atoms with Gasteiger partial charge in [-0.2, -0.15) is 0 Å². The highest BCUT2D eigenvalue weighted by atomic mass is 79.9. The summed E-state index contributed by atoms with van der Waals surface area (Å²) in [5, 5.41) is 3.43. The van der Waals surface area contributed by atoms with Crippen LogP contribution in [0.3, 0.4) is 0 Å². The maximum atomic E-state index is 12.6. The van der Waals surface area contributed by atoms with Crippen LogP contribution < -0.4 is 89.8 Å². The minimum absolute atomic E-state index is 0.0634. The number of aryl methyl sites for hydroxylation is 10. The lowest BCUT2D eigenvalue weighted by Gasteiger charge is -2.25. The molecule has 5 N–H and O–H groups in total. The summed E-state index contributed by atoms with van der Waals surface area (Å²) >= 11 is 9.37. The first-order chi connectivity index (χ1) is 67.5. The minimum Gasteiger partial charge on any atom is -0.339 e. The Balaban J connectivity index is 0.000000131. The molecule has 16 aromatic heterocycles. The predicted molar refractivity (Wildman–Crippen MR) is 542 cm³/mol. The molecule has 0 spiro atoms. The van der Waals surface area contributed by atoms with Gasteiger partial charge in [0.1, 0.15) is 17.7 Å². The number of pyridine rings is 2. The largest absolute Gasteiger partial charge is 0.339 e. The summed E-state index contributed by atoms with van der Waals surface area (Å²) < 4.78 is 26.1. The highest BCUT2D eigenvalue weighted by molar-refractivity contribution is 9.24. The van der Waals surface area contributed by atoms with Crippen molar-refractivity contribution in [2.24, 2.45) is 104 Å². The second kappa shape index (κ2) is 43.7. The zero-order valence-electron chi connectivity index (χ0n) is 79.8. The fraction of sp³-hybridized carbons (Fsp3) is 0.374. The van der Waals surface area contributed by atoms with Gasteiger partial charge in [-0.25, -0.2) is 68.4 Å². The van der Waals surface area contributed by atoms with Gasteiger partial charge in [-0.1, -0.05) is 108 Å². The SMILES string of the molecule is BrCBr.Cn1c(=O)c2[nH]cnc2n(C)c1=O.Cn1c(=O)c2[nH]cnc2n(C)c1=O.Cn1c(=O)c2c(ncn2CBr)n(C)c1=O.Cn1c(=O)c2c(ncn2CCC2CCc3ccccc32)n(C)c1=O.Cn1c(=O)c2c(ncn2CN2CCCC2c2cccnc2)n(C)c1=O.Cn1c(=O)c2c(ncn2Cn2cnc3c2c(=O)n(C)c(=O)n3C)n(C)c1=O.NC1CCc2ccccc21.c1cncc(C2CCCN2)c1. The third kappa shape index (κ3) is 20.2. The number of nitrogens with two attached hydrogens (primary N) is 1. The molecule has 2 fully saturated rings. The number of nitrogens with zero attached hydrogens (tertiary/aromatic N) is 29. The molecule has 740 valence electrons. The number of halogens is 3. The van der Waals surface area contributed by atoms with E-state index >= 15 is 0 Å². The topological polar surface area (TPSA) is 522 Å². The van der Waals surface area contributed by atoms with Crippen LogP contribution in [-0.2, 0) is 137 Å². The first-order valence-electron chi connectivity index (χ1n) is 44.6. The molecule has 47 nitrogen and oxygen atoms in total. The van der Waals surface area contributed by atoms with E-state index in [1.54, 1.807) is 58.7 Å². The Bertz CT molecular complexity index is 8450. The van der Waals surface area contributed by atoms with Crippen molar-refractivity contribution in [2.75, 3.05) is 17.3 Å². The van der Waals surface area contributed by atoms with Crippen molar-refractivity contribution in [2.45, 2.75) is 107 Å². The van der Waals surface area contributed by atoms with Gasteiger partial charge in [-0.3, -0.25) is 112 Å². The van der Waals surface area contributed by atoms with Crippen molar-refractivity contribution < 1.29 is 0 Å². The Hall–Kier alpha value is -14.9. The molecule has 18 aromatic rings. The van der Waals surface area contributed by atoms with Crippen LogP contribution in [0.4, 0.5) is 0 Å². The number of rotatable bonds is 10. The number of aromatic nitrogens is 30. The molecule has 2 aliphatic carbocycles. The van der Waals surface area contributed by atoms with Gasteiger partial charge in [0.15, 0.2) is 67.1 Å². The Kier molecular flexibility index (Phi) is 31.6. The van der Waals surface area contributed by atoms with Crippen LogP contribution in [0.25, 0.3) is 78.1 Å². The molecule has 18 heterocycles. The van der Waals surface area contributed by atoms with Crippen molar-refractivity contribution in [3.8, 4) is 0 Å². The van der Waals surface area contributed by atoms with Crippen molar-refractivity contribution in [3.05, 3.63) is 321 Å². The molecular weight excluding hydrogens is 2020 g/mol. The Morgan fingerprint density at radius 2 is 0.716 bits per heavy atom. The highest BCUT2D eigenvalue weighted by Gasteiger charge is 2.30. The number of H-pyrrole nitrogens is 2. The third-order valence-corrected chi connectivity index (χ3v) is 26.2. The molecule has 2 aliphatic heterocycles. The Morgan fingerprint density at radius 1 is 0.362 bits per heavy atom. The van der Waals surface area contributed by atoms with Crippen LogP contribution in [0.2, 0.25) is 0 Å². The molecule has 4 aliphatic rings. The van der Waals surface area contributed by atoms with Crippen LogP contribution in [0.15, 0.2) is 209 Å². The van der Waals surface area contributed by atoms with E-state index in [4.69, 9.17) is 5.73 Å². The van der Waals surface area contributed by atoms with E-state index in [1.807, 2.05) is 39.9 Å². The number of hydrogen-bond acceptors (Lipinski definition) is 26. The molecule has 4 unspecified atom stereocenters. The van der Waals surface area contributed by atoms with Gasteiger partial charge in [0.2, 0.25) is 0 Å². The normalized spacial score (nSPS) is 15.1. The van der Waals surface area contributed by atoms with E-state index in [0.717, 1.165) is 101 Å². The van der Waals surface area contributed by atoms with Gasteiger partial charge in [0.25, 0.3) is 38.9 Å². The number of nitrogens with one attached hydrogen (secondary N) is 3. The van der Waals surface area contributed by atoms with Crippen molar-refractivity contribution in [1.82, 2.24) is 152 Å². The fourth-order valence-corrected chi connectivity index (χ4v) is 18.2. The molecular formula is C91H106Br3N33O14. The van der Waals surface area contributed by atoms with Gasteiger partial charge >= 0.3 is 39.8 Å². The lowest BCUT2D eigenvalue weighted by molar-refractivity contribution is 0.204. The molecule has 50 heteroatoms. The number of benzene rings is 2. The summed E-state index contributed by atoms with van der Waals surface area (Å²) in [6.45, 7) is 3.45. The predicted octanol–water partition coefficient (Wildman–Crippen LogP) is 2.44. The molecule has 2 aromatic carbocycles. The van der Waals surface area contributed by atoms with Gasteiger partial charge in [-0.05, 0) is 116 Å². The van der Waals surface area contributed by atoms with Crippen LogP contribution in [0.1, 0.15) is 102 Å². The van der Waals surface area contributed by atoms with Crippen molar-refractivity contribution in [3.63, 3.8) is 0 Å². The standard InChI is InChI=1S/C18H20N4O2.C17H20N6O2.C15H16N8O4.C9H12N2.C9H11N.C8H9BrN4O2.2C7H8N4O2.CH2Br2/c1-20-16-15(17(23)21(2)18(20)24)22(11-19-16)10-9-13-8-7-12-5-3-4-6-14(12)13;1-20-15-14(16(24)21(2)17(20)25)23(10-19-15)11-22-8-4-6-13(22)12-5-3-7-18-9-12;1-18-10-8(12(24)20(3)14(18)26)22(5-16-10)7-23-6-17-11-9(23)13(25)21(4)15(27)19(11)2;1-3-8(7-10-5-1)9-4-2-6-11-9;10-9-6-5-7-3-1-2-4-8(7)9;1-11-6-5(13(3-9)4-10-6)7(14)12(2)8(11)15;2*1-10-5-4(8-3-9-5)6(12)11(2)7(10)13;2-1-3/h3-6,11,13H,7-10H2,1-2H3;3,5,7,9-10,13H,4,6,8,11H2,1-2H3;5-6H,7H2,1-4H3;1,3,5,7,9,11H,2,4,6H2;1-4,9H,5-6,10H2;4H,3H2,1-2H3;2*3H,1-2H3,(H,8,9);1H2. The third-order valence-electron chi connectivity index (χ3n) is 25.6. The van der Waals surface area contributed by atoms with Crippen LogP contribution in [-0.4, -0.2) is 164 Å². The average Bonchev–Trinajstić information content (AvgIpc) is 1.62. The molecule has 4 atom stereocenters. The van der Waals surface area contributed by atoms with E-state index in [0.29, 0.717) is 85.9 Å². The summed E-state index contributed by atoms with van der Waals surface area (Å²) in [6, 6.07) is 26.3. The summed E-state index contributed by atoms with van der Waals surface area (Å²) in [6.07, 6.45) is 28.2. The quantitative estimate of drug-likeness (QED) is 0.143. The van der Waals surface area contributed by atoms with E-state index in [1.165, 1.54) is 182 Å². The lowest BCUT2D eigenvalue weighted by atomic mass is 9.98. The van der Waals surface area contributed by atoms with Crippen molar-refractivity contribution >= 4 is 126 Å². The van der Waals surface area contributed by atoms with Gasteiger partial charge < -0.3 is 43.9 Å². The minimum atomic E-state index is -0.490. The Morgan fingerprint density at radius 3 is 1.11 bits per heavy atom. The van der Waals surface area contributed by atoms with E-state index in [2.05, 4.69) is 173 Å². The maximum Gasteiger partial charge on any atom is 0.332 e. The summed E-state index contributed by atoms with van der Waals surface area (Å²) in [7, 11) is 21.2. The molecule has 22 rings (SSSR count). The number of likely N-dealkylation sites (tertiary alicyclic amines) is 1. The van der Waals surface area contributed by atoms with E-state index in [9.17, 15) is 67.1 Å². The molecule has 0 radical (unpaired) electrons. The van der Waals surface area contributed by atoms with Gasteiger partial charge in [-0.15, -0.1) is 0 Å². The Labute approximate surface area is 822 Å². The van der Waals surface area contributed by atoms with Crippen LogP contribution in [0, 0.1) is 0 Å². The lowest BCUT2D eigenvalue weighted by Crippen LogP contribution is -2.38. The van der Waals surface area contributed by atoms with Crippen LogP contribution >= 0.6 is 47.8 Å². The summed E-state index contributed by atoms with van der Waals surface area (Å²) in [5.41, 5.74) is 14.2. The highest BCUT2D eigenvalue weighted by Crippen LogP contribution is 2.36. The smallest absolute Gasteiger partial charge is 0.332 e. The monoisotopic (exact) mass is 2120 g/mol. The molecule has 141 heavy (non-hydrogen) atoms. The zero-order valence-corrected chi connectivity index (χ0v) is 84.6. The van der Waals surface area contributed by atoms with E-state index in [-0.39, 0.29) is 91.3 Å².